The van der Waals surface area contributed by atoms with Gasteiger partial charge in [0.2, 0.25) is 10.0 Å². The van der Waals surface area contributed by atoms with Crippen molar-refractivity contribution in [2.75, 3.05) is 20.2 Å². The number of rotatable bonds is 3. The molecule has 0 radical (unpaired) electrons. The molecule has 2 heterocycles. The second-order valence-corrected chi connectivity index (χ2v) is 7.07. The first-order valence-corrected chi connectivity index (χ1v) is 7.87. The van der Waals surface area contributed by atoms with Crippen LogP contribution >= 0.6 is 11.6 Å². The fourth-order valence-corrected chi connectivity index (χ4v) is 4.09. The summed E-state index contributed by atoms with van der Waals surface area (Å²) in [7, 11) is -2.37. The second kappa shape index (κ2) is 5.67. The molecular formula is C12H15ClN2O4S. The fraction of sp³-hybridized carbons (Fsp3) is 0.500. The molecule has 2 rings (SSSR count). The summed E-state index contributed by atoms with van der Waals surface area (Å²) >= 11 is 5.72. The number of methoxy groups -OCH3 is 1. The minimum atomic E-state index is -3.67. The Morgan fingerprint density at radius 3 is 2.80 bits per heavy atom. The third kappa shape index (κ3) is 2.79. The first kappa shape index (κ1) is 15.2. The molecule has 1 saturated heterocycles. The SMILES string of the molecule is COC(=O)C1CN(S(=O)(=O)c2ccnc(Cl)c2)CC1C. The first-order valence-electron chi connectivity index (χ1n) is 6.05. The van der Waals surface area contributed by atoms with Gasteiger partial charge in [-0.25, -0.2) is 13.4 Å². The van der Waals surface area contributed by atoms with E-state index in [1.807, 2.05) is 6.92 Å². The number of aromatic nitrogens is 1. The summed E-state index contributed by atoms with van der Waals surface area (Å²) in [4.78, 5) is 15.5. The highest BCUT2D eigenvalue weighted by Gasteiger charge is 2.41. The number of ether oxygens (including phenoxy) is 1. The predicted octanol–water partition coefficient (Wildman–Crippen LogP) is 1.16. The summed E-state index contributed by atoms with van der Waals surface area (Å²) in [6.07, 6.45) is 1.34. The van der Waals surface area contributed by atoms with Crippen LogP contribution in [0.1, 0.15) is 6.92 Å². The van der Waals surface area contributed by atoms with Crippen molar-refractivity contribution in [2.24, 2.45) is 11.8 Å². The van der Waals surface area contributed by atoms with Crippen LogP contribution in [0.5, 0.6) is 0 Å². The van der Waals surface area contributed by atoms with E-state index in [0.29, 0.717) is 0 Å². The Morgan fingerprint density at radius 1 is 1.50 bits per heavy atom. The van der Waals surface area contributed by atoms with Crippen molar-refractivity contribution in [3.05, 3.63) is 23.5 Å². The van der Waals surface area contributed by atoms with Gasteiger partial charge in [-0.3, -0.25) is 4.79 Å². The van der Waals surface area contributed by atoms with Crippen molar-refractivity contribution in [3.8, 4) is 0 Å². The quantitative estimate of drug-likeness (QED) is 0.617. The van der Waals surface area contributed by atoms with Crippen LogP contribution in [0.15, 0.2) is 23.2 Å². The molecule has 0 N–H and O–H groups in total. The molecule has 2 atom stereocenters. The zero-order valence-corrected chi connectivity index (χ0v) is 12.7. The van der Waals surface area contributed by atoms with Crippen molar-refractivity contribution >= 4 is 27.6 Å². The van der Waals surface area contributed by atoms with E-state index >= 15 is 0 Å². The van der Waals surface area contributed by atoms with E-state index in [4.69, 9.17) is 16.3 Å². The highest BCUT2D eigenvalue weighted by molar-refractivity contribution is 7.89. The molecule has 110 valence electrons. The lowest BCUT2D eigenvalue weighted by Crippen LogP contribution is -2.30. The Hall–Kier alpha value is -1.18. The highest BCUT2D eigenvalue weighted by atomic mass is 35.5. The lowest BCUT2D eigenvalue weighted by atomic mass is 9.99. The summed E-state index contributed by atoms with van der Waals surface area (Å²) in [5.41, 5.74) is 0. The van der Waals surface area contributed by atoms with Gasteiger partial charge >= 0.3 is 5.97 Å². The average Bonchev–Trinajstić information content (AvgIpc) is 2.80. The smallest absolute Gasteiger partial charge is 0.310 e. The number of carbonyl (C=O) groups excluding carboxylic acids is 1. The molecule has 1 aliphatic rings. The summed E-state index contributed by atoms with van der Waals surface area (Å²) in [6, 6.07) is 2.68. The molecule has 1 fully saturated rings. The summed E-state index contributed by atoms with van der Waals surface area (Å²) in [6.45, 7) is 2.23. The predicted molar refractivity (Wildman–Crippen MR) is 72.7 cm³/mol. The van der Waals surface area contributed by atoms with E-state index in [0.717, 1.165) is 0 Å². The average molecular weight is 319 g/mol. The molecule has 0 amide bonds. The normalized spacial score (nSPS) is 23.8. The molecule has 1 aliphatic heterocycles. The van der Waals surface area contributed by atoms with Crippen molar-refractivity contribution in [3.63, 3.8) is 0 Å². The molecule has 0 aromatic carbocycles. The first-order chi connectivity index (χ1) is 9.36. The summed E-state index contributed by atoms with van der Waals surface area (Å²) < 4.78 is 30.9. The fourth-order valence-electron chi connectivity index (χ4n) is 2.27. The number of pyridine rings is 1. The Kier molecular flexibility index (Phi) is 4.31. The van der Waals surface area contributed by atoms with Gasteiger partial charge in [0.25, 0.3) is 0 Å². The van der Waals surface area contributed by atoms with Crippen LogP contribution in [0.2, 0.25) is 5.15 Å². The minimum Gasteiger partial charge on any atom is -0.469 e. The van der Waals surface area contributed by atoms with Gasteiger partial charge in [-0.1, -0.05) is 18.5 Å². The molecule has 0 bridgehead atoms. The molecule has 0 aliphatic carbocycles. The number of halogens is 1. The lowest BCUT2D eigenvalue weighted by Gasteiger charge is -2.16. The van der Waals surface area contributed by atoms with Gasteiger partial charge in [0.1, 0.15) is 5.15 Å². The van der Waals surface area contributed by atoms with Crippen molar-refractivity contribution in [1.82, 2.24) is 9.29 Å². The summed E-state index contributed by atoms with van der Waals surface area (Å²) in [5.74, 6) is -0.912. The third-order valence-corrected chi connectivity index (χ3v) is 5.45. The molecule has 0 spiro atoms. The zero-order chi connectivity index (χ0) is 14.9. The van der Waals surface area contributed by atoms with E-state index in [2.05, 4.69) is 4.98 Å². The Bertz CT molecular complexity index is 620. The van der Waals surface area contributed by atoms with Gasteiger partial charge in [-0.15, -0.1) is 0 Å². The van der Waals surface area contributed by atoms with E-state index < -0.39 is 15.9 Å². The van der Waals surface area contributed by atoms with Gasteiger partial charge in [0, 0.05) is 19.3 Å². The number of esters is 1. The molecular weight excluding hydrogens is 304 g/mol. The van der Waals surface area contributed by atoms with Crippen LogP contribution < -0.4 is 0 Å². The number of nitrogens with zero attached hydrogens (tertiary/aromatic N) is 2. The van der Waals surface area contributed by atoms with Gasteiger partial charge < -0.3 is 4.74 Å². The minimum absolute atomic E-state index is 0.0789. The van der Waals surface area contributed by atoms with Crippen molar-refractivity contribution in [1.29, 1.82) is 0 Å². The Labute approximate surface area is 122 Å². The van der Waals surface area contributed by atoms with E-state index in [1.54, 1.807) is 0 Å². The van der Waals surface area contributed by atoms with Gasteiger partial charge in [-0.05, 0) is 18.1 Å². The maximum atomic E-state index is 12.5. The number of hydrogen-bond acceptors (Lipinski definition) is 5. The van der Waals surface area contributed by atoms with Crippen LogP contribution in [0.3, 0.4) is 0 Å². The molecule has 1 aromatic rings. The van der Waals surface area contributed by atoms with Crippen LogP contribution in [-0.2, 0) is 19.6 Å². The molecule has 6 nitrogen and oxygen atoms in total. The van der Waals surface area contributed by atoms with Crippen molar-refractivity contribution in [2.45, 2.75) is 11.8 Å². The Morgan fingerprint density at radius 2 is 2.20 bits per heavy atom. The third-order valence-electron chi connectivity index (χ3n) is 3.42. The van der Waals surface area contributed by atoms with Crippen LogP contribution in [0, 0.1) is 11.8 Å². The highest BCUT2D eigenvalue weighted by Crippen LogP contribution is 2.29. The van der Waals surface area contributed by atoms with E-state index in [1.165, 1.54) is 29.7 Å². The summed E-state index contributed by atoms with van der Waals surface area (Å²) in [5, 5.41) is 0.114. The monoisotopic (exact) mass is 318 g/mol. The second-order valence-electron chi connectivity index (χ2n) is 4.74. The van der Waals surface area contributed by atoms with Gasteiger partial charge in [-0.2, -0.15) is 4.31 Å². The number of sulfonamides is 1. The van der Waals surface area contributed by atoms with E-state index in [-0.39, 0.29) is 35.0 Å². The van der Waals surface area contributed by atoms with Crippen LogP contribution in [0.4, 0.5) is 0 Å². The molecule has 20 heavy (non-hydrogen) atoms. The molecule has 0 saturated carbocycles. The van der Waals surface area contributed by atoms with Crippen LogP contribution in [-0.4, -0.2) is 43.9 Å². The number of carbonyl (C=O) groups is 1. The largest absolute Gasteiger partial charge is 0.469 e. The zero-order valence-electron chi connectivity index (χ0n) is 11.1. The lowest BCUT2D eigenvalue weighted by molar-refractivity contribution is -0.145. The molecule has 1 aromatic heterocycles. The topological polar surface area (TPSA) is 76.6 Å². The van der Waals surface area contributed by atoms with E-state index in [9.17, 15) is 13.2 Å². The maximum Gasteiger partial charge on any atom is 0.310 e. The maximum absolute atomic E-state index is 12.5. The standard InChI is InChI=1S/C12H15ClN2O4S/c1-8-6-15(7-10(8)12(16)19-2)20(17,18)9-3-4-14-11(13)5-9/h3-5,8,10H,6-7H2,1-2H3. The molecule has 2 unspecified atom stereocenters. The van der Waals surface area contributed by atoms with Crippen molar-refractivity contribution < 1.29 is 17.9 Å². The Balaban J connectivity index is 2.26. The molecule has 8 heteroatoms. The van der Waals surface area contributed by atoms with Gasteiger partial charge in [0.15, 0.2) is 0 Å². The van der Waals surface area contributed by atoms with Gasteiger partial charge in [0.05, 0.1) is 17.9 Å². The number of hydrogen-bond donors (Lipinski definition) is 0. The van der Waals surface area contributed by atoms with Crippen LogP contribution in [0.25, 0.3) is 0 Å².